The zero-order chi connectivity index (χ0) is 13.3. The maximum Gasteiger partial charge on any atom is 0.195 e. The molecule has 0 aliphatic rings. The average Bonchev–Trinajstić information content (AvgIpc) is 2.28. The number of hydrogen-bond donors (Lipinski definition) is 0. The molecule has 2 rings (SSSR count). The van der Waals surface area contributed by atoms with Crippen LogP contribution in [-0.2, 0) is 0 Å². The van der Waals surface area contributed by atoms with Gasteiger partial charge in [-0.15, -0.1) is 0 Å². The molecule has 0 aliphatic heterocycles. The molecule has 0 saturated carbocycles. The van der Waals surface area contributed by atoms with Crippen LogP contribution in [0.2, 0.25) is 10.0 Å². The fourth-order valence-electron chi connectivity index (χ4n) is 1.98. The van der Waals surface area contributed by atoms with Gasteiger partial charge in [0.25, 0.3) is 0 Å². The van der Waals surface area contributed by atoms with Gasteiger partial charge in [-0.2, -0.15) is 0 Å². The first-order valence-electron chi connectivity index (χ1n) is 5.56. The molecule has 0 atom stereocenters. The van der Waals surface area contributed by atoms with Crippen molar-refractivity contribution in [2.24, 2.45) is 0 Å². The van der Waals surface area contributed by atoms with Crippen molar-refractivity contribution in [3.05, 3.63) is 68.7 Å². The van der Waals surface area contributed by atoms with Gasteiger partial charge in [0.1, 0.15) is 0 Å². The molecule has 0 aromatic heterocycles. The molecule has 0 bridgehead atoms. The Bertz CT molecular complexity index is 598. The molecule has 0 unspecified atom stereocenters. The van der Waals surface area contributed by atoms with Gasteiger partial charge < -0.3 is 0 Å². The van der Waals surface area contributed by atoms with E-state index in [9.17, 15) is 4.79 Å². The Balaban J connectivity index is 2.55. The number of carbonyl (C=O) groups excluding carboxylic acids is 1. The molecular weight excluding hydrogens is 267 g/mol. The van der Waals surface area contributed by atoms with E-state index in [1.807, 2.05) is 32.0 Å². The molecule has 0 spiro atoms. The van der Waals surface area contributed by atoms with Gasteiger partial charge in [0.15, 0.2) is 5.78 Å². The van der Waals surface area contributed by atoms with Crippen LogP contribution in [0.25, 0.3) is 0 Å². The third-order valence-corrected chi connectivity index (χ3v) is 3.43. The highest BCUT2D eigenvalue weighted by Crippen LogP contribution is 2.25. The van der Waals surface area contributed by atoms with Gasteiger partial charge >= 0.3 is 0 Å². The van der Waals surface area contributed by atoms with Crippen molar-refractivity contribution in [1.82, 2.24) is 0 Å². The van der Waals surface area contributed by atoms with Gasteiger partial charge in [0.05, 0.1) is 5.02 Å². The van der Waals surface area contributed by atoms with E-state index in [1.54, 1.807) is 18.2 Å². The third kappa shape index (κ3) is 2.43. The Morgan fingerprint density at radius 3 is 2.17 bits per heavy atom. The Labute approximate surface area is 116 Å². The first-order chi connectivity index (χ1) is 8.50. The largest absolute Gasteiger partial charge is 0.289 e. The van der Waals surface area contributed by atoms with E-state index in [4.69, 9.17) is 23.2 Å². The molecule has 0 fully saturated rings. The van der Waals surface area contributed by atoms with E-state index in [2.05, 4.69) is 0 Å². The van der Waals surface area contributed by atoms with Crippen molar-refractivity contribution in [1.29, 1.82) is 0 Å². The van der Waals surface area contributed by atoms with Crippen LogP contribution in [-0.4, -0.2) is 5.78 Å². The average molecular weight is 279 g/mol. The molecule has 0 N–H and O–H groups in total. The van der Waals surface area contributed by atoms with Gasteiger partial charge in [0.2, 0.25) is 0 Å². The smallest absolute Gasteiger partial charge is 0.195 e. The van der Waals surface area contributed by atoms with Crippen molar-refractivity contribution >= 4 is 29.0 Å². The van der Waals surface area contributed by atoms with E-state index in [1.165, 1.54) is 0 Å². The molecule has 3 heteroatoms. The highest BCUT2D eigenvalue weighted by Gasteiger charge is 2.16. The summed E-state index contributed by atoms with van der Waals surface area (Å²) in [6.07, 6.45) is 0. The van der Waals surface area contributed by atoms with Crippen LogP contribution in [0.1, 0.15) is 27.0 Å². The zero-order valence-corrected chi connectivity index (χ0v) is 11.6. The van der Waals surface area contributed by atoms with E-state index in [-0.39, 0.29) is 5.78 Å². The first-order valence-corrected chi connectivity index (χ1v) is 6.32. The predicted molar refractivity (Wildman–Crippen MR) is 75.8 cm³/mol. The number of benzene rings is 2. The summed E-state index contributed by atoms with van der Waals surface area (Å²) in [4.78, 5) is 12.5. The summed E-state index contributed by atoms with van der Waals surface area (Å²) in [6, 6.07) is 10.7. The van der Waals surface area contributed by atoms with E-state index >= 15 is 0 Å². The molecule has 0 heterocycles. The maximum absolute atomic E-state index is 12.5. The van der Waals surface area contributed by atoms with E-state index in [0.717, 1.165) is 11.1 Å². The number of hydrogen-bond acceptors (Lipinski definition) is 1. The summed E-state index contributed by atoms with van der Waals surface area (Å²) in [5, 5.41) is 0.910. The highest BCUT2D eigenvalue weighted by molar-refractivity contribution is 6.37. The van der Waals surface area contributed by atoms with Crippen LogP contribution in [0, 0.1) is 13.8 Å². The second-order valence-corrected chi connectivity index (χ2v) is 5.06. The minimum Gasteiger partial charge on any atom is -0.289 e. The van der Waals surface area contributed by atoms with Crippen molar-refractivity contribution in [3.8, 4) is 0 Å². The van der Waals surface area contributed by atoms with Gasteiger partial charge in [-0.05, 0) is 43.2 Å². The normalized spacial score (nSPS) is 10.4. The second kappa shape index (κ2) is 5.13. The third-order valence-electron chi connectivity index (χ3n) is 2.88. The second-order valence-electron chi connectivity index (χ2n) is 4.22. The van der Waals surface area contributed by atoms with Gasteiger partial charge in [-0.25, -0.2) is 0 Å². The number of aryl methyl sites for hydroxylation is 2. The van der Waals surface area contributed by atoms with Crippen molar-refractivity contribution < 1.29 is 4.79 Å². The van der Waals surface area contributed by atoms with Crippen LogP contribution < -0.4 is 0 Å². The lowest BCUT2D eigenvalue weighted by atomic mass is 9.95. The monoisotopic (exact) mass is 278 g/mol. The fraction of sp³-hybridized carbons (Fsp3) is 0.133. The number of carbonyl (C=O) groups is 1. The Morgan fingerprint density at radius 2 is 1.61 bits per heavy atom. The molecular formula is C15H12Cl2O. The lowest BCUT2D eigenvalue weighted by Crippen LogP contribution is -2.06. The summed E-state index contributed by atoms with van der Waals surface area (Å²) in [6.45, 7) is 3.84. The first kappa shape index (κ1) is 13.1. The molecule has 2 aromatic carbocycles. The minimum absolute atomic E-state index is 0.0627. The van der Waals surface area contributed by atoms with Crippen molar-refractivity contribution in [2.45, 2.75) is 13.8 Å². The van der Waals surface area contributed by atoms with Crippen molar-refractivity contribution in [2.75, 3.05) is 0 Å². The van der Waals surface area contributed by atoms with Crippen LogP contribution in [0.3, 0.4) is 0 Å². The van der Waals surface area contributed by atoms with Gasteiger partial charge in [0, 0.05) is 16.1 Å². The zero-order valence-electron chi connectivity index (χ0n) is 10.1. The SMILES string of the molecule is Cc1cccc(C)c1C(=O)c1ccc(Cl)cc1Cl. The maximum atomic E-state index is 12.5. The molecule has 0 radical (unpaired) electrons. The Kier molecular flexibility index (Phi) is 3.74. The highest BCUT2D eigenvalue weighted by atomic mass is 35.5. The predicted octanol–water partition coefficient (Wildman–Crippen LogP) is 4.84. The molecule has 92 valence electrons. The van der Waals surface area contributed by atoms with Crippen molar-refractivity contribution in [3.63, 3.8) is 0 Å². The Hall–Kier alpha value is -1.31. The molecule has 1 nitrogen and oxygen atoms in total. The van der Waals surface area contributed by atoms with Gasteiger partial charge in [-0.1, -0.05) is 41.4 Å². The Morgan fingerprint density at radius 1 is 1.00 bits per heavy atom. The van der Waals surface area contributed by atoms with Gasteiger partial charge in [-0.3, -0.25) is 4.79 Å². The summed E-state index contributed by atoms with van der Waals surface area (Å²) in [5.41, 5.74) is 3.09. The summed E-state index contributed by atoms with van der Waals surface area (Å²) >= 11 is 11.9. The summed E-state index contributed by atoms with van der Waals surface area (Å²) in [5.74, 6) is -0.0627. The van der Waals surface area contributed by atoms with E-state index < -0.39 is 0 Å². The molecule has 2 aromatic rings. The molecule has 0 amide bonds. The summed E-state index contributed by atoms with van der Waals surface area (Å²) < 4.78 is 0. The number of rotatable bonds is 2. The summed E-state index contributed by atoms with van der Waals surface area (Å²) in [7, 11) is 0. The lowest BCUT2D eigenvalue weighted by molar-refractivity contribution is 0.103. The lowest BCUT2D eigenvalue weighted by Gasteiger charge is -2.10. The molecule has 18 heavy (non-hydrogen) atoms. The number of halogens is 2. The van der Waals surface area contributed by atoms with Crippen LogP contribution >= 0.6 is 23.2 Å². The fourth-order valence-corrected chi connectivity index (χ4v) is 2.48. The van der Waals surface area contributed by atoms with Crippen LogP contribution in [0.15, 0.2) is 36.4 Å². The van der Waals surface area contributed by atoms with Crippen LogP contribution in [0.4, 0.5) is 0 Å². The minimum atomic E-state index is -0.0627. The topological polar surface area (TPSA) is 17.1 Å². The van der Waals surface area contributed by atoms with E-state index in [0.29, 0.717) is 21.2 Å². The quantitative estimate of drug-likeness (QED) is 0.719. The standard InChI is InChI=1S/C15H12Cl2O/c1-9-4-3-5-10(2)14(9)15(18)12-7-6-11(16)8-13(12)17/h3-8H,1-2H3. The number of ketones is 1. The molecule has 0 aliphatic carbocycles. The van der Waals surface area contributed by atoms with Crippen LogP contribution in [0.5, 0.6) is 0 Å². The molecule has 0 saturated heterocycles.